The van der Waals surface area contributed by atoms with Crippen LogP contribution >= 0.6 is 34.9 Å². The molecule has 3 rings (SSSR count). The molecule has 2 aromatic rings. The minimum Gasteiger partial charge on any atom is -0.355 e. The van der Waals surface area contributed by atoms with Crippen LogP contribution in [0, 0.1) is 0 Å². The van der Waals surface area contributed by atoms with Crippen molar-refractivity contribution in [3.63, 3.8) is 0 Å². The van der Waals surface area contributed by atoms with Crippen molar-refractivity contribution in [1.82, 2.24) is 15.5 Å². The number of rotatable bonds is 7. The van der Waals surface area contributed by atoms with Crippen LogP contribution < -0.4 is 5.32 Å². The van der Waals surface area contributed by atoms with Gasteiger partial charge in [-0.3, -0.25) is 4.79 Å². The van der Waals surface area contributed by atoms with Gasteiger partial charge in [0.25, 0.3) is 0 Å². The predicted molar refractivity (Wildman–Crippen MR) is 102 cm³/mol. The number of benzene rings is 1. The summed E-state index contributed by atoms with van der Waals surface area (Å²) in [5, 5.41) is 11.9. The van der Waals surface area contributed by atoms with E-state index >= 15 is 0 Å². The standard InChI is InChI=1S/C17H21N3OS3/c1-2-10-18-15(21)11-22-16-19-20-17(24-16)23-14-9-5-7-12-6-3-4-8-13(12)14/h3-4,6,8,14H,2,5,7,9-11H2,1H3,(H,18,21). The van der Waals surface area contributed by atoms with Crippen LogP contribution in [0.15, 0.2) is 32.9 Å². The molecule has 1 aliphatic carbocycles. The highest BCUT2D eigenvalue weighted by atomic mass is 32.2. The van der Waals surface area contributed by atoms with Crippen molar-refractivity contribution in [3.8, 4) is 0 Å². The van der Waals surface area contributed by atoms with Crippen molar-refractivity contribution in [2.45, 2.75) is 46.5 Å². The highest BCUT2D eigenvalue weighted by Crippen LogP contribution is 2.44. The summed E-state index contributed by atoms with van der Waals surface area (Å²) >= 11 is 4.86. The largest absolute Gasteiger partial charge is 0.355 e. The van der Waals surface area contributed by atoms with Gasteiger partial charge in [0.2, 0.25) is 5.91 Å². The third-order valence-electron chi connectivity index (χ3n) is 3.84. The molecule has 1 amide bonds. The van der Waals surface area contributed by atoms with E-state index in [2.05, 4.69) is 39.8 Å². The van der Waals surface area contributed by atoms with Gasteiger partial charge in [0.05, 0.1) is 5.75 Å². The molecule has 0 radical (unpaired) electrons. The number of aromatic nitrogens is 2. The molecule has 0 aliphatic heterocycles. The molecule has 24 heavy (non-hydrogen) atoms. The molecule has 1 aliphatic rings. The van der Waals surface area contributed by atoms with Crippen LogP contribution in [-0.4, -0.2) is 28.4 Å². The van der Waals surface area contributed by atoms with Gasteiger partial charge in [0.1, 0.15) is 0 Å². The Kier molecular flexibility index (Phi) is 6.57. The van der Waals surface area contributed by atoms with Gasteiger partial charge >= 0.3 is 0 Å². The van der Waals surface area contributed by atoms with Gasteiger partial charge in [0.15, 0.2) is 8.68 Å². The van der Waals surface area contributed by atoms with Gasteiger partial charge in [-0.25, -0.2) is 0 Å². The zero-order chi connectivity index (χ0) is 16.8. The summed E-state index contributed by atoms with van der Waals surface area (Å²) in [6, 6.07) is 8.71. The molecule has 1 aromatic carbocycles. The summed E-state index contributed by atoms with van der Waals surface area (Å²) in [6.45, 7) is 2.78. The quantitative estimate of drug-likeness (QED) is 0.726. The fourth-order valence-corrected chi connectivity index (χ4v) is 6.03. The molecule has 0 spiro atoms. The monoisotopic (exact) mass is 379 g/mol. The van der Waals surface area contributed by atoms with Crippen LogP contribution in [0.3, 0.4) is 0 Å². The van der Waals surface area contributed by atoms with Gasteiger partial charge in [0, 0.05) is 11.8 Å². The number of carbonyl (C=O) groups excluding carboxylic acids is 1. The van der Waals surface area contributed by atoms with Crippen LogP contribution in [0.4, 0.5) is 0 Å². The number of carbonyl (C=O) groups is 1. The number of nitrogens with zero attached hydrogens (tertiary/aromatic N) is 2. The minimum atomic E-state index is 0.0625. The normalized spacial score (nSPS) is 16.6. The van der Waals surface area contributed by atoms with Gasteiger partial charge in [-0.1, -0.05) is 66.0 Å². The first-order valence-electron chi connectivity index (χ1n) is 8.23. The molecule has 1 N–H and O–H groups in total. The first-order chi connectivity index (χ1) is 11.8. The summed E-state index contributed by atoms with van der Waals surface area (Å²) < 4.78 is 1.86. The first-order valence-corrected chi connectivity index (χ1v) is 10.9. The first kappa shape index (κ1) is 17.8. The van der Waals surface area contributed by atoms with Crippen molar-refractivity contribution in [3.05, 3.63) is 35.4 Å². The van der Waals surface area contributed by atoms with Gasteiger partial charge in [-0.2, -0.15) is 0 Å². The van der Waals surface area contributed by atoms with Crippen molar-refractivity contribution in [1.29, 1.82) is 0 Å². The Bertz CT molecular complexity index is 689. The van der Waals surface area contributed by atoms with Crippen LogP contribution in [0.2, 0.25) is 0 Å². The molecule has 7 heteroatoms. The second kappa shape index (κ2) is 8.87. The Balaban J connectivity index is 1.56. The van der Waals surface area contributed by atoms with Gasteiger partial charge in [-0.15, -0.1) is 10.2 Å². The SMILES string of the molecule is CCCNC(=O)CSc1nnc(SC2CCCc3ccccc32)s1. The summed E-state index contributed by atoms with van der Waals surface area (Å²) in [4.78, 5) is 11.7. The maximum Gasteiger partial charge on any atom is 0.230 e. The molecule has 1 unspecified atom stereocenters. The third-order valence-corrected chi connectivity index (χ3v) is 7.29. The van der Waals surface area contributed by atoms with E-state index in [-0.39, 0.29) is 5.91 Å². The Morgan fingerprint density at radius 1 is 1.33 bits per heavy atom. The van der Waals surface area contributed by atoms with Crippen LogP contribution in [0.1, 0.15) is 42.6 Å². The zero-order valence-corrected chi connectivity index (χ0v) is 16.1. The van der Waals surface area contributed by atoms with Crippen molar-refractivity contribution in [2.75, 3.05) is 12.3 Å². The van der Waals surface area contributed by atoms with E-state index in [4.69, 9.17) is 0 Å². The molecular weight excluding hydrogens is 358 g/mol. The summed E-state index contributed by atoms with van der Waals surface area (Å²) in [5.74, 6) is 0.471. The lowest BCUT2D eigenvalue weighted by Crippen LogP contribution is -2.25. The average Bonchev–Trinajstić information content (AvgIpc) is 3.06. The predicted octanol–water partition coefficient (Wildman–Crippen LogP) is 4.33. The number of thioether (sulfide) groups is 2. The number of aryl methyl sites for hydroxylation is 1. The molecule has 128 valence electrons. The van der Waals surface area contributed by atoms with E-state index < -0.39 is 0 Å². The van der Waals surface area contributed by atoms with E-state index in [1.54, 1.807) is 11.3 Å². The number of hydrogen-bond donors (Lipinski definition) is 1. The van der Waals surface area contributed by atoms with Crippen LogP contribution in [0.25, 0.3) is 0 Å². The Labute approximate surface area is 155 Å². The van der Waals surface area contributed by atoms with Gasteiger partial charge in [-0.05, 0) is 36.8 Å². The van der Waals surface area contributed by atoms with Crippen LogP contribution in [0.5, 0.6) is 0 Å². The highest BCUT2D eigenvalue weighted by Gasteiger charge is 2.22. The van der Waals surface area contributed by atoms with Crippen molar-refractivity contribution < 1.29 is 4.79 Å². The Morgan fingerprint density at radius 2 is 2.17 bits per heavy atom. The van der Waals surface area contributed by atoms with Crippen molar-refractivity contribution >= 4 is 40.8 Å². The summed E-state index contributed by atoms with van der Waals surface area (Å²) in [5.41, 5.74) is 2.91. The van der Waals surface area contributed by atoms with E-state index in [1.807, 2.05) is 18.7 Å². The second-order valence-corrected chi connectivity index (χ2v) is 9.32. The molecule has 0 bridgehead atoms. The fraction of sp³-hybridized carbons (Fsp3) is 0.471. The molecule has 0 saturated heterocycles. The second-order valence-electron chi connectivity index (χ2n) is 5.67. The molecule has 0 fully saturated rings. The maximum absolute atomic E-state index is 11.7. The Hall–Kier alpha value is -1.05. The van der Waals surface area contributed by atoms with E-state index in [0.29, 0.717) is 11.0 Å². The topological polar surface area (TPSA) is 54.9 Å². The van der Waals surface area contributed by atoms with Crippen molar-refractivity contribution in [2.24, 2.45) is 0 Å². The lowest BCUT2D eigenvalue weighted by molar-refractivity contribution is -0.118. The molecule has 1 atom stereocenters. The molecule has 1 aromatic heterocycles. The summed E-state index contributed by atoms with van der Waals surface area (Å²) in [6.07, 6.45) is 4.55. The zero-order valence-electron chi connectivity index (χ0n) is 13.7. The van der Waals surface area contributed by atoms with E-state index in [1.165, 1.54) is 42.2 Å². The molecular formula is C17H21N3OS3. The minimum absolute atomic E-state index is 0.0625. The van der Waals surface area contributed by atoms with Gasteiger partial charge < -0.3 is 5.32 Å². The lowest BCUT2D eigenvalue weighted by atomic mass is 9.91. The highest BCUT2D eigenvalue weighted by molar-refractivity contribution is 8.03. The smallest absolute Gasteiger partial charge is 0.230 e. The van der Waals surface area contributed by atoms with E-state index in [0.717, 1.165) is 21.6 Å². The molecule has 0 saturated carbocycles. The fourth-order valence-electron chi connectivity index (χ4n) is 2.70. The summed E-state index contributed by atoms with van der Waals surface area (Å²) in [7, 11) is 0. The third kappa shape index (κ3) is 4.74. The number of fused-ring (bicyclic) bond motifs is 1. The average molecular weight is 380 g/mol. The van der Waals surface area contributed by atoms with Crippen LogP contribution in [-0.2, 0) is 11.2 Å². The number of amides is 1. The maximum atomic E-state index is 11.7. The number of nitrogens with one attached hydrogen (secondary N) is 1. The lowest BCUT2D eigenvalue weighted by Gasteiger charge is -2.23. The van der Waals surface area contributed by atoms with E-state index in [9.17, 15) is 4.79 Å². The molecule has 1 heterocycles. The number of hydrogen-bond acceptors (Lipinski definition) is 6. The Morgan fingerprint density at radius 3 is 3.04 bits per heavy atom. The molecule has 4 nitrogen and oxygen atoms in total.